The lowest BCUT2D eigenvalue weighted by atomic mass is 9.95. The summed E-state index contributed by atoms with van der Waals surface area (Å²) in [6.07, 6.45) is 8.92. The Balaban J connectivity index is 2.24. The van der Waals surface area contributed by atoms with Crippen molar-refractivity contribution in [2.24, 2.45) is 10.1 Å². The standard InChI is InChI=1S/C13H11N3O2S/c14-19(17,18)11-2-1-9-6-16-7-10-3-4-15-8-13(10)12(9)5-11/h1-8,15H,(H2,14,17,18). The number of rotatable bonds is 1. The molecular weight excluding hydrogens is 262 g/mol. The van der Waals surface area contributed by atoms with Crippen molar-refractivity contribution >= 4 is 21.8 Å². The first-order valence-corrected chi connectivity index (χ1v) is 7.14. The zero-order valence-corrected chi connectivity index (χ0v) is 10.7. The van der Waals surface area contributed by atoms with Gasteiger partial charge < -0.3 is 5.32 Å². The highest BCUT2D eigenvalue weighted by Gasteiger charge is 2.17. The lowest BCUT2D eigenvalue weighted by molar-refractivity contribution is 0.598. The first kappa shape index (κ1) is 11.9. The van der Waals surface area contributed by atoms with Crippen LogP contribution in [0.5, 0.6) is 0 Å². The van der Waals surface area contributed by atoms with Gasteiger partial charge in [0.05, 0.1) is 4.90 Å². The third kappa shape index (κ3) is 2.11. The zero-order valence-electron chi connectivity index (χ0n) is 9.87. The molecule has 6 heteroatoms. The summed E-state index contributed by atoms with van der Waals surface area (Å²) in [5.74, 6) is 0. The van der Waals surface area contributed by atoms with E-state index in [1.165, 1.54) is 6.07 Å². The van der Waals surface area contributed by atoms with Gasteiger partial charge in [0.1, 0.15) is 0 Å². The summed E-state index contributed by atoms with van der Waals surface area (Å²) in [5, 5.41) is 8.16. The van der Waals surface area contributed by atoms with E-state index in [1.807, 2.05) is 12.3 Å². The Hall–Kier alpha value is -2.18. The van der Waals surface area contributed by atoms with E-state index >= 15 is 0 Å². The Bertz CT molecular complexity index is 771. The van der Waals surface area contributed by atoms with Crippen molar-refractivity contribution in [3.8, 4) is 0 Å². The summed E-state index contributed by atoms with van der Waals surface area (Å²) in [6.45, 7) is 0. The highest BCUT2D eigenvalue weighted by molar-refractivity contribution is 7.89. The average molecular weight is 273 g/mol. The molecule has 2 aliphatic rings. The van der Waals surface area contributed by atoms with Gasteiger partial charge in [-0.25, -0.2) is 13.6 Å². The second kappa shape index (κ2) is 4.18. The molecule has 3 N–H and O–H groups in total. The van der Waals surface area contributed by atoms with Crippen molar-refractivity contribution in [2.45, 2.75) is 4.90 Å². The van der Waals surface area contributed by atoms with Crippen LogP contribution < -0.4 is 10.5 Å². The zero-order chi connectivity index (χ0) is 13.5. The molecule has 3 rings (SSSR count). The van der Waals surface area contributed by atoms with E-state index in [0.717, 1.165) is 22.3 Å². The monoisotopic (exact) mass is 273 g/mol. The van der Waals surface area contributed by atoms with Crippen LogP contribution in [-0.2, 0) is 10.0 Å². The van der Waals surface area contributed by atoms with E-state index in [0.29, 0.717) is 0 Å². The van der Waals surface area contributed by atoms with Gasteiger partial charge in [-0.3, -0.25) is 4.99 Å². The van der Waals surface area contributed by atoms with Crippen LogP contribution in [0.2, 0.25) is 0 Å². The van der Waals surface area contributed by atoms with Crippen LogP contribution in [0, 0.1) is 0 Å². The number of nitrogens with zero attached hydrogens (tertiary/aromatic N) is 1. The van der Waals surface area contributed by atoms with Crippen LogP contribution in [0.25, 0.3) is 5.57 Å². The van der Waals surface area contributed by atoms with Gasteiger partial charge >= 0.3 is 0 Å². The second-order valence-corrected chi connectivity index (χ2v) is 5.78. The van der Waals surface area contributed by atoms with Gasteiger partial charge in [-0.15, -0.1) is 0 Å². The van der Waals surface area contributed by atoms with E-state index in [9.17, 15) is 8.42 Å². The molecule has 0 saturated heterocycles. The number of benzene rings is 1. The Morgan fingerprint density at radius 2 is 2.11 bits per heavy atom. The van der Waals surface area contributed by atoms with Gasteiger partial charge in [0.25, 0.3) is 0 Å². The summed E-state index contributed by atoms with van der Waals surface area (Å²) < 4.78 is 22.9. The molecule has 0 bridgehead atoms. The largest absolute Gasteiger partial charge is 0.367 e. The van der Waals surface area contributed by atoms with Crippen molar-refractivity contribution in [2.75, 3.05) is 0 Å². The number of hydrogen-bond acceptors (Lipinski definition) is 4. The summed E-state index contributed by atoms with van der Waals surface area (Å²) >= 11 is 0. The number of hydrogen-bond donors (Lipinski definition) is 2. The van der Waals surface area contributed by atoms with Crippen LogP contribution in [-0.4, -0.2) is 14.6 Å². The number of nitrogens with two attached hydrogens (primary N) is 1. The number of dihydropyridines is 1. The van der Waals surface area contributed by atoms with Crippen LogP contribution in [0.4, 0.5) is 0 Å². The van der Waals surface area contributed by atoms with Gasteiger partial charge in [-0.05, 0) is 23.8 Å². The summed E-state index contributed by atoms with van der Waals surface area (Å²) in [5.41, 5.74) is 3.44. The quantitative estimate of drug-likeness (QED) is 0.803. The first-order valence-electron chi connectivity index (χ1n) is 5.59. The first-order chi connectivity index (χ1) is 9.05. The SMILES string of the molecule is NS(=O)(=O)c1ccc2c(c1)C1=CNC=CC1=CN=C2. The molecule has 0 aromatic heterocycles. The molecule has 0 amide bonds. The summed E-state index contributed by atoms with van der Waals surface area (Å²) in [4.78, 5) is 4.29. The average Bonchev–Trinajstić information content (AvgIpc) is 2.56. The van der Waals surface area contributed by atoms with Crippen molar-refractivity contribution < 1.29 is 8.42 Å². The van der Waals surface area contributed by atoms with Gasteiger partial charge in [0, 0.05) is 41.5 Å². The van der Waals surface area contributed by atoms with E-state index in [-0.39, 0.29) is 4.90 Å². The Morgan fingerprint density at radius 1 is 1.26 bits per heavy atom. The molecule has 0 unspecified atom stereocenters. The fraction of sp³-hybridized carbons (Fsp3) is 0. The molecule has 0 radical (unpaired) electrons. The third-order valence-electron chi connectivity index (χ3n) is 2.97. The molecule has 1 aromatic carbocycles. The lowest BCUT2D eigenvalue weighted by Crippen LogP contribution is -2.13. The van der Waals surface area contributed by atoms with E-state index in [4.69, 9.17) is 5.14 Å². The molecule has 5 nitrogen and oxygen atoms in total. The predicted molar refractivity (Wildman–Crippen MR) is 73.7 cm³/mol. The third-order valence-corrected chi connectivity index (χ3v) is 3.88. The maximum Gasteiger partial charge on any atom is 0.238 e. The Kier molecular flexibility index (Phi) is 2.62. The highest BCUT2D eigenvalue weighted by Crippen LogP contribution is 2.31. The number of aliphatic imine (C=N–C) groups is 1. The number of fused-ring (bicyclic) bond motifs is 3. The van der Waals surface area contributed by atoms with Gasteiger partial charge in [0.2, 0.25) is 10.0 Å². The second-order valence-electron chi connectivity index (χ2n) is 4.21. The summed E-state index contributed by atoms with van der Waals surface area (Å²) in [7, 11) is -3.72. The molecule has 0 aliphatic carbocycles. The molecule has 2 aliphatic heterocycles. The number of allylic oxidation sites excluding steroid dienone is 3. The highest BCUT2D eigenvalue weighted by atomic mass is 32.2. The van der Waals surface area contributed by atoms with Crippen LogP contribution in [0.15, 0.2) is 58.3 Å². The summed E-state index contributed by atoms with van der Waals surface area (Å²) in [6, 6.07) is 4.76. The minimum Gasteiger partial charge on any atom is -0.367 e. The number of nitrogens with one attached hydrogen (secondary N) is 1. The smallest absolute Gasteiger partial charge is 0.238 e. The van der Waals surface area contributed by atoms with Gasteiger partial charge in [0.15, 0.2) is 0 Å². The molecule has 0 fully saturated rings. The minimum atomic E-state index is -3.72. The number of primary sulfonamides is 1. The fourth-order valence-corrected chi connectivity index (χ4v) is 2.58. The molecule has 0 atom stereocenters. The van der Waals surface area contributed by atoms with Gasteiger partial charge in [-0.1, -0.05) is 6.07 Å². The van der Waals surface area contributed by atoms with E-state index in [1.54, 1.807) is 30.7 Å². The predicted octanol–water partition coefficient (Wildman–Crippen LogP) is 1.11. The van der Waals surface area contributed by atoms with Crippen LogP contribution >= 0.6 is 0 Å². The Morgan fingerprint density at radius 3 is 2.89 bits per heavy atom. The molecule has 96 valence electrons. The minimum absolute atomic E-state index is 0.0938. The van der Waals surface area contributed by atoms with Crippen molar-refractivity contribution in [3.63, 3.8) is 0 Å². The molecular formula is C13H11N3O2S. The lowest BCUT2D eigenvalue weighted by Gasteiger charge is -2.14. The van der Waals surface area contributed by atoms with Gasteiger partial charge in [-0.2, -0.15) is 0 Å². The molecule has 0 spiro atoms. The molecule has 2 heterocycles. The van der Waals surface area contributed by atoms with Crippen LogP contribution in [0.3, 0.4) is 0 Å². The number of sulfonamides is 1. The maximum atomic E-state index is 11.4. The van der Waals surface area contributed by atoms with Crippen LogP contribution in [0.1, 0.15) is 11.1 Å². The normalized spacial score (nSPS) is 16.7. The molecule has 19 heavy (non-hydrogen) atoms. The molecule has 1 aromatic rings. The maximum absolute atomic E-state index is 11.4. The Labute approximate surface area is 110 Å². The van der Waals surface area contributed by atoms with Crippen molar-refractivity contribution in [1.82, 2.24) is 5.32 Å². The topological polar surface area (TPSA) is 84.5 Å². The molecule has 0 saturated carbocycles. The van der Waals surface area contributed by atoms with E-state index in [2.05, 4.69) is 10.3 Å². The van der Waals surface area contributed by atoms with E-state index < -0.39 is 10.0 Å². The fourth-order valence-electron chi connectivity index (χ4n) is 2.04. The van der Waals surface area contributed by atoms with Crippen molar-refractivity contribution in [1.29, 1.82) is 0 Å². The van der Waals surface area contributed by atoms with Crippen molar-refractivity contribution in [3.05, 3.63) is 59.6 Å².